The van der Waals surface area contributed by atoms with Crippen LogP contribution in [0.1, 0.15) is 92.1 Å². The summed E-state index contributed by atoms with van der Waals surface area (Å²) >= 11 is 7.48. The van der Waals surface area contributed by atoms with Gasteiger partial charge in [-0.25, -0.2) is 8.88 Å². The van der Waals surface area contributed by atoms with Gasteiger partial charge in [-0.05, 0) is 113 Å². The summed E-state index contributed by atoms with van der Waals surface area (Å²) in [6.45, 7) is 14.2. The number of primary amides is 1. The van der Waals surface area contributed by atoms with Crippen molar-refractivity contribution in [1.29, 1.82) is 0 Å². The summed E-state index contributed by atoms with van der Waals surface area (Å²) in [5.41, 5.74) is 7.74. The second-order valence-electron chi connectivity index (χ2n) is 15.2. The highest BCUT2D eigenvalue weighted by molar-refractivity contribution is 7.97. The first-order valence-corrected chi connectivity index (χ1v) is 20.3. The van der Waals surface area contributed by atoms with Gasteiger partial charge in [-0.15, -0.1) is 0 Å². The Labute approximate surface area is 337 Å². The van der Waals surface area contributed by atoms with Gasteiger partial charge in [0.15, 0.2) is 0 Å². The first kappa shape index (κ1) is 49.0. The van der Waals surface area contributed by atoms with Crippen molar-refractivity contribution in [3.8, 4) is 11.1 Å². The number of nitrogens with zero attached hydrogens (tertiary/aromatic N) is 4. The third-order valence-electron chi connectivity index (χ3n) is 7.84. The zero-order chi connectivity index (χ0) is 41.7. The molecular weight excluding hydrogens is 742 g/mol. The average molecular weight is 807 g/mol. The lowest BCUT2D eigenvalue weighted by molar-refractivity contribution is -0.140. The van der Waals surface area contributed by atoms with Gasteiger partial charge in [0.2, 0.25) is 23.6 Å². The van der Waals surface area contributed by atoms with E-state index in [4.69, 9.17) is 17.3 Å². The number of likely N-dealkylation sites (N-methyl/N-ethyl adjacent to an activating group) is 2. The fourth-order valence-corrected chi connectivity index (χ4v) is 5.48. The Morgan fingerprint density at radius 2 is 1.73 bits per heavy atom. The quantitative estimate of drug-likeness (QED) is 0.284. The van der Waals surface area contributed by atoms with Crippen molar-refractivity contribution >= 4 is 53.3 Å². The fraction of sp³-hybridized carbons (Fsp3) is 0.600. The zero-order valence-corrected chi connectivity index (χ0v) is 36.0. The number of benzene rings is 1. The van der Waals surface area contributed by atoms with Crippen LogP contribution in [0, 0.1) is 18.8 Å². The van der Waals surface area contributed by atoms with Crippen LogP contribution >= 0.6 is 23.5 Å². The molecule has 5 amide bonds. The molecule has 0 saturated heterocycles. The second kappa shape index (κ2) is 25.2. The molecule has 1 fully saturated rings. The van der Waals surface area contributed by atoms with E-state index in [-0.39, 0.29) is 36.7 Å². The van der Waals surface area contributed by atoms with Crippen molar-refractivity contribution in [2.45, 2.75) is 105 Å². The predicted molar refractivity (Wildman–Crippen MR) is 222 cm³/mol. The molecule has 308 valence electrons. The van der Waals surface area contributed by atoms with Gasteiger partial charge in [-0.2, -0.15) is 5.10 Å². The Bertz CT molecular complexity index is 1550. The van der Waals surface area contributed by atoms with Gasteiger partial charge in [0.1, 0.15) is 11.6 Å². The molecule has 0 bridgehead atoms. The molecule has 4 N–H and O–H groups in total. The molecule has 0 radical (unpaired) electrons. The van der Waals surface area contributed by atoms with E-state index in [1.54, 1.807) is 39.8 Å². The molecule has 15 heteroatoms. The van der Waals surface area contributed by atoms with Gasteiger partial charge in [-0.3, -0.25) is 19.2 Å². The Kier molecular flexibility index (Phi) is 22.4. The highest BCUT2D eigenvalue weighted by Crippen LogP contribution is 2.33. The molecule has 0 spiro atoms. The SMILES string of the molecule is CC(C)(C)OC(N)=O.CC(C)C.CN1CC(=O)NCCC/C=C/CCC(N(C)C(=O)CC2CC2)C(=O)NCC1=O.CSn1cc(-c2ccc(Cl)cc2C)cn1. The van der Waals surface area contributed by atoms with Crippen LogP contribution in [0.2, 0.25) is 5.02 Å². The first-order chi connectivity index (χ1) is 25.7. The summed E-state index contributed by atoms with van der Waals surface area (Å²) < 4.78 is 6.41. The number of nitrogens with one attached hydrogen (secondary N) is 2. The number of aryl methyl sites for hydroxylation is 1. The molecule has 2 aliphatic rings. The first-order valence-electron chi connectivity index (χ1n) is 18.8. The smallest absolute Gasteiger partial charge is 0.405 e. The molecular formula is C40H64ClN7O6S. The lowest BCUT2D eigenvalue weighted by Gasteiger charge is -2.27. The number of hydrogen-bond acceptors (Lipinski definition) is 8. The van der Waals surface area contributed by atoms with Crippen molar-refractivity contribution < 1.29 is 28.7 Å². The van der Waals surface area contributed by atoms with E-state index >= 15 is 0 Å². The topological polar surface area (TPSA) is 169 Å². The molecule has 1 aromatic heterocycles. The van der Waals surface area contributed by atoms with Crippen molar-refractivity contribution in [3.63, 3.8) is 0 Å². The van der Waals surface area contributed by atoms with E-state index in [1.807, 2.05) is 53.1 Å². The summed E-state index contributed by atoms with van der Waals surface area (Å²) in [5, 5.41) is 10.4. The minimum atomic E-state index is -0.725. The molecule has 55 heavy (non-hydrogen) atoms. The number of halogens is 1. The average Bonchev–Trinajstić information content (AvgIpc) is 3.77. The van der Waals surface area contributed by atoms with E-state index in [1.165, 1.54) is 28.0 Å². The van der Waals surface area contributed by atoms with Crippen LogP contribution in [-0.2, 0) is 23.9 Å². The summed E-state index contributed by atoms with van der Waals surface area (Å²) in [5.74, 6) is 0.354. The second-order valence-corrected chi connectivity index (χ2v) is 16.4. The minimum absolute atomic E-state index is 0.0267. The molecule has 2 aromatic rings. The normalized spacial score (nSPS) is 17.5. The van der Waals surface area contributed by atoms with Gasteiger partial charge >= 0.3 is 6.09 Å². The van der Waals surface area contributed by atoms with E-state index in [0.717, 1.165) is 42.2 Å². The highest BCUT2D eigenvalue weighted by Gasteiger charge is 2.31. The lowest BCUT2D eigenvalue weighted by atomic mass is 10.0. The minimum Gasteiger partial charge on any atom is -0.444 e. The lowest BCUT2D eigenvalue weighted by Crippen LogP contribution is -2.50. The highest BCUT2D eigenvalue weighted by atomic mass is 35.5. The van der Waals surface area contributed by atoms with Crippen molar-refractivity contribution in [2.24, 2.45) is 17.6 Å². The molecule has 2 heterocycles. The van der Waals surface area contributed by atoms with Gasteiger partial charge in [0, 0.05) is 50.1 Å². The van der Waals surface area contributed by atoms with Gasteiger partial charge < -0.3 is 30.9 Å². The number of ether oxygens (including phenoxy) is 1. The Morgan fingerprint density at radius 1 is 1.09 bits per heavy atom. The monoisotopic (exact) mass is 805 g/mol. The van der Waals surface area contributed by atoms with Crippen molar-refractivity contribution in [2.75, 3.05) is 40.0 Å². The summed E-state index contributed by atoms with van der Waals surface area (Å²) in [6, 6.07) is 5.29. The van der Waals surface area contributed by atoms with Gasteiger partial charge in [0.25, 0.3) is 0 Å². The number of hydrogen-bond donors (Lipinski definition) is 3. The molecule has 1 atom stereocenters. The van der Waals surface area contributed by atoms with Crippen LogP contribution in [0.4, 0.5) is 4.79 Å². The Balaban J connectivity index is 0.000000463. The molecule has 1 aromatic carbocycles. The number of amides is 5. The van der Waals surface area contributed by atoms with Crippen LogP contribution in [-0.4, -0.2) is 100 Å². The van der Waals surface area contributed by atoms with Crippen LogP contribution < -0.4 is 16.4 Å². The van der Waals surface area contributed by atoms with Crippen LogP contribution in [0.3, 0.4) is 0 Å². The van der Waals surface area contributed by atoms with E-state index < -0.39 is 17.7 Å². The molecule has 1 aliphatic carbocycles. The van der Waals surface area contributed by atoms with E-state index in [0.29, 0.717) is 31.7 Å². The van der Waals surface area contributed by atoms with Gasteiger partial charge in [-0.1, -0.05) is 50.6 Å². The number of rotatable bonds is 5. The number of nitrogens with two attached hydrogens (primary N) is 1. The maximum Gasteiger partial charge on any atom is 0.405 e. The zero-order valence-electron chi connectivity index (χ0n) is 34.4. The summed E-state index contributed by atoms with van der Waals surface area (Å²) in [4.78, 5) is 62.0. The number of allylic oxidation sites excluding steroid dienone is 2. The molecule has 1 unspecified atom stereocenters. The summed E-state index contributed by atoms with van der Waals surface area (Å²) in [7, 11) is 3.19. The Hall–Kier alpha value is -4.04. The predicted octanol–water partition coefficient (Wildman–Crippen LogP) is 6.62. The molecule has 1 saturated carbocycles. The molecule has 4 rings (SSSR count). The van der Waals surface area contributed by atoms with Gasteiger partial charge in [0.05, 0.1) is 19.3 Å². The van der Waals surface area contributed by atoms with E-state index in [2.05, 4.69) is 48.2 Å². The third-order valence-corrected chi connectivity index (χ3v) is 8.65. The number of aromatic nitrogens is 2. The Morgan fingerprint density at radius 3 is 2.25 bits per heavy atom. The number of carbonyl (C=O) groups is 5. The maximum atomic E-state index is 12.7. The molecule has 1 aliphatic heterocycles. The van der Waals surface area contributed by atoms with Crippen molar-refractivity contribution in [1.82, 2.24) is 29.6 Å². The summed E-state index contributed by atoms with van der Waals surface area (Å²) in [6.07, 6.45) is 14.6. The third kappa shape index (κ3) is 22.2. The van der Waals surface area contributed by atoms with Crippen LogP contribution in [0.25, 0.3) is 11.1 Å². The van der Waals surface area contributed by atoms with E-state index in [9.17, 15) is 24.0 Å². The maximum absolute atomic E-state index is 12.7. The van der Waals surface area contributed by atoms with Crippen LogP contribution in [0.5, 0.6) is 0 Å². The largest absolute Gasteiger partial charge is 0.444 e. The van der Waals surface area contributed by atoms with Crippen molar-refractivity contribution in [3.05, 3.63) is 53.3 Å². The van der Waals surface area contributed by atoms with Crippen LogP contribution in [0.15, 0.2) is 42.7 Å². The molecule has 13 nitrogen and oxygen atoms in total. The number of carbonyl (C=O) groups excluding carboxylic acids is 5. The standard InChI is InChI=1S/C20H32N4O4.C11H11ClN2S.C5H11NO2.C4H10/c1-23-14-17(25)21-11-7-5-3-4-6-8-16(20(28)22-13-19(23)27)24(2)18(26)12-15-9-10-15;1-8-5-10(12)3-4-11(8)9-6-13-14(7-9)15-2;1-5(2,3)8-4(6)7;1-4(2)3/h3-4,15-16H,5-14H2,1-2H3,(H,21,25)(H,22,28);3-7H,1-2H3;1-3H3,(H2,6,7);4H,1-3H3/b4-3+;;;. The fourth-order valence-electron chi connectivity index (χ4n) is 4.90.